The molecule has 0 unspecified atom stereocenters. The van der Waals surface area contributed by atoms with E-state index in [2.05, 4.69) is 0 Å². The summed E-state index contributed by atoms with van der Waals surface area (Å²) < 4.78 is 301. The number of nitrogens with zero attached hydrogens (tertiary/aromatic N) is 2. The van der Waals surface area contributed by atoms with Gasteiger partial charge in [-0.05, 0) is 11.5 Å². The van der Waals surface area contributed by atoms with E-state index in [4.69, 9.17) is 10.00 Å². The number of ether oxygens (including phenoxy) is 1. The molecule has 352 valence electrons. The molecule has 1 heterocycles. The average Bonchev–Trinajstić information content (AvgIpc) is 3.33. The molecule has 1 aromatic heterocycles. The molecule has 0 saturated carbocycles. The van der Waals surface area contributed by atoms with Gasteiger partial charge in [-0.1, -0.05) is 48.5 Å². The number of pyridine rings is 1. The zero-order valence-corrected chi connectivity index (χ0v) is 32.6. The molecule has 0 N–H and O–H groups in total. The van der Waals surface area contributed by atoms with E-state index < -0.39 is 150 Å². The Morgan fingerprint density at radius 1 is 0.441 bits per heavy atom. The number of carbonyl (C=O) groups excluding carboxylic acids is 1. The fraction of sp³-hybridized carbons (Fsp3) is 0.0465. The van der Waals surface area contributed by atoms with Gasteiger partial charge in [0.15, 0.2) is 89.2 Å². The van der Waals surface area contributed by atoms with E-state index in [9.17, 15) is 57.5 Å². The highest BCUT2D eigenvalue weighted by Gasteiger charge is 2.52. The van der Waals surface area contributed by atoms with Gasteiger partial charge in [-0.3, -0.25) is 0 Å². The van der Waals surface area contributed by atoms with Crippen LogP contribution in [0.15, 0.2) is 66.9 Å². The molecule has 0 bridgehead atoms. The Labute approximate surface area is 365 Å². The minimum Gasteiger partial charge on any atom is -0.442 e. The number of carbonyl (C=O) groups is 1. The van der Waals surface area contributed by atoms with Crippen molar-refractivity contribution in [2.45, 2.75) is 6.54 Å². The van der Waals surface area contributed by atoms with Crippen molar-refractivity contribution in [2.24, 2.45) is 0 Å². The molecule has 0 aliphatic heterocycles. The molecule has 0 fully saturated rings. The van der Waals surface area contributed by atoms with Crippen molar-refractivity contribution in [2.75, 3.05) is 6.61 Å². The molecule has 0 aliphatic rings. The van der Waals surface area contributed by atoms with Gasteiger partial charge >= 0.3 is 5.97 Å². The monoisotopic (exact) mass is 982 g/mol. The molecule has 68 heavy (non-hydrogen) atoms. The van der Waals surface area contributed by atoms with Crippen LogP contribution in [0.5, 0.6) is 0 Å². The Hall–Kier alpha value is -7.65. The first kappa shape index (κ1) is 49.8. The van der Waals surface area contributed by atoms with E-state index in [1.165, 1.54) is 0 Å². The summed E-state index contributed by atoms with van der Waals surface area (Å²) in [7, 11) is 0. The second-order valence-corrected chi connectivity index (χ2v) is 13.9. The summed E-state index contributed by atoms with van der Waals surface area (Å²) in [6.45, 7) is 0.302. The van der Waals surface area contributed by atoms with Crippen LogP contribution in [-0.4, -0.2) is 18.7 Å². The van der Waals surface area contributed by atoms with Crippen molar-refractivity contribution < 1.29 is 102 Å². The lowest BCUT2D eigenvalue weighted by molar-refractivity contribution is -0.689. The van der Waals surface area contributed by atoms with Crippen molar-refractivity contribution >= 4 is 44.7 Å². The Morgan fingerprint density at radius 3 is 1.09 bits per heavy atom. The van der Waals surface area contributed by atoms with E-state index in [0.717, 1.165) is 16.3 Å². The van der Waals surface area contributed by atoms with E-state index in [1.54, 1.807) is 0 Å². The molecule has 7 aromatic rings. The molecular weight excluding hydrogens is 967 g/mol. The lowest BCUT2D eigenvalue weighted by atomic mass is 9.12. The van der Waals surface area contributed by atoms with Gasteiger partial charge in [-0.2, -0.15) is 9.83 Å². The zero-order chi connectivity index (χ0) is 50.4. The highest BCUT2D eigenvalue weighted by Crippen LogP contribution is 2.31. The number of fused-ring (bicyclic) bond motifs is 1. The molecule has 0 aliphatic carbocycles. The molecule has 4 nitrogen and oxygen atoms in total. The molecular formula is C43H15BF20N2O2. The Balaban J connectivity index is 0.000000276. The third kappa shape index (κ3) is 7.85. The number of nitriles is 1. The first-order valence-electron chi connectivity index (χ1n) is 18.2. The van der Waals surface area contributed by atoms with Gasteiger partial charge in [0, 0.05) is 11.6 Å². The molecule has 6 aromatic carbocycles. The third-order valence-electron chi connectivity index (χ3n) is 10.3. The van der Waals surface area contributed by atoms with E-state index >= 15 is 35.1 Å². The van der Waals surface area contributed by atoms with Crippen molar-refractivity contribution in [3.63, 3.8) is 0 Å². The summed E-state index contributed by atoms with van der Waals surface area (Å²) in [5.74, 6) is -71.9. The summed E-state index contributed by atoms with van der Waals surface area (Å²) in [6, 6.07) is 21.3. The van der Waals surface area contributed by atoms with Crippen LogP contribution < -0.4 is 26.4 Å². The predicted octanol–water partition coefficient (Wildman–Crippen LogP) is 8.70. The van der Waals surface area contributed by atoms with Crippen LogP contribution in [0.3, 0.4) is 0 Å². The van der Waals surface area contributed by atoms with Crippen molar-refractivity contribution in [3.8, 4) is 6.07 Å². The van der Waals surface area contributed by atoms with Crippen molar-refractivity contribution in [3.05, 3.63) is 194 Å². The topological polar surface area (TPSA) is 54.0 Å². The Kier molecular flexibility index (Phi) is 13.9. The summed E-state index contributed by atoms with van der Waals surface area (Å²) in [5.41, 5.74) is -12.8. The van der Waals surface area contributed by atoms with Crippen molar-refractivity contribution in [1.29, 1.82) is 5.26 Å². The molecule has 0 radical (unpaired) electrons. The zero-order valence-electron chi connectivity index (χ0n) is 32.6. The first-order chi connectivity index (χ1) is 32.0. The van der Waals surface area contributed by atoms with Crippen LogP contribution in [-0.2, 0) is 11.3 Å². The lowest BCUT2D eigenvalue weighted by Crippen LogP contribution is -2.81. The van der Waals surface area contributed by atoms with Crippen LogP contribution in [0, 0.1) is 128 Å². The molecule has 0 saturated heterocycles. The highest BCUT2D eigenvalue weighted by molar-refractivity contribution is 7.20. The van der Waals surface area contributed by atoms with Crippen LogP contribution in [0.1, 0.15) is 16.1 Å². The summed E-state index contributed by atoms with van der Waals surface area (Å²) >= 11 is 0. The van der Waals surface area contributed by atoms with E-state index in [-0.39, 0.29) is 6.61 Å². The molecule has 0 amide bonds. The van der Waals surface area contributed by atoms with Crippen LogP contribution in [0.4, 0.5) is 87.8 Å². The van der Waals surface area contributed by atoms with Crippen LogP contribution >= 0.6 is 0 Å². The SMILES string of the molecule is Fc1c(F)c(F)c([B-](c2c(F)c(F)c(F)c(F)c2F)(c2c(F)c(F)c(F)c(F)c2F)c2c(F)c(F)c(F)c(F)c2F)c(F)c1F.N#CCOC(=O)c1c2ccccc2cc[n+]1Cc1ccccc1. The number of hydrogen-bond donors (Lipinski definition) is 0. The highest BCUT2D eigenvalue weighted by atomic mass is 19.2. The van der Waals surface area contributed by atoms with Gasteiger partial charge in [-0.25, -0.2) is 92.6 Å². The van der Waals surface area contributed by atoms with Crippen LogP contribution in [0.25, 0.3) is 10.8 Å². The maximum Gasteiger partial charge on any atom is 0.405 e. The number of aromatic nitrogens is 1. The minimum atomic E-state index is -7.22. The summed E-state index contributed by atoms with van der Waals surface area (Å²) in [6.07, 6.45) is -5.34. The smallest absolute Gasteiger partial charge is 0.405 e. The molecule has 25 heteroatoms. The van der Waals surface area contributed by atoms with E-state index in [0.29, 0.717) is 12.2 Å². The van der Waals surface area contributed by atoms with Gasteiger partial charge in [-0.15, -0.1) is 21.9 Å². The number of rotatable bonds is 8. The largest absolute Gasteiger partial charge is 0.442 e. The third-order valence-corrected chi connectivity index (χ3v) is 10.3. The molecule has 0 atom stereocenters. The summed E-state index contributed by atoms with van der Waals surface area (Å²) in [5, 5.41) is 10.4. The van der Waals surface area contributed by atoms with Gasteiger partial charge < -0.3 is 4.74 Å². The maximum atomic E-state index is 15.4. The van der Waals surface area contributed by atoms with Gasteiger partial charge in [0.25, 0.3) is 5.69 Å². The second kappa shape index (κ2) is 18.9. The fourth-order valence-electron chi connectivity index (χ4n) is 7.44. The predicted molar refractivity (Wildman–Crippen MR) is 195 cm³/mol. The van der Waals surface area contributed by atoms with Gasteiger partial charge in [0.1, 0.15) is 58.8 Å². The second-order valence-electron chi connectivity index (χ2n) is 13.9. The maximum absolute atomic E-state index is 15.4. The quantitative estimate of drug-likeness (QED) is 0.0383. The molecule has 7 rings (SSSR count). The lowest BCUT2D eigenvalue weighted by Gasteiger charge is -2.44. The Bertz CT molecular complexity index is 2880. The standard InChI is InChI=1S/C24BF20.C19H15N2O2/c26-5-1(6(27)14(35)21(42)13(5)34)25(2-7(28)15(36)22(43)16(37)8(2)29,3-9(30)17(38)23(44)18(39)10(3)31)4-11(32)19(40)24(45)20(41)12(4)33;20-11-13-23-19(22)18-17-9-5-4-8-16(17)10-12-21(18)14-15-6-2-1-3-7-15/h;1-10,12H,13-14H2/q-1;+1. The molecule has 0 spiro atoms. The number of benzene rings is 6. The normalized spacial score (nSPS) is 11.4. The van der Waals surface area contributed by atoms with E-state index in [1.807, 2.05) is 77.5 Å². The fourth-order valence-corrected chi connectivity index (χ4v) is 7.44. The minimum absolute atomic E-state index is 0.257. The van der Waals surface area contributed by atoms with Crippen molar-refractivity contribution in [1.82, 2.24) is 0 Å². The van der Waals surface area contributed by atoms with Gasteiger partial charge in [0.2, 0.25) is 0 Å². The van der Waals surface area contributed by atoms with Gasteiger partial charge in [0.05, 0.1) is 5.39 Å². The van der Waals surface area contributed by atoms with Crippen LogP contribution in [0.2, 0.25) is 0 Å². The number of halogens is 20. The first-order valence-corrected chi connectivity index (χ1v) is 18.2. The number of hydrogen-bond acceptors (Lipinski definition) is 3. The number of esters is 1. The summed E-state index contributed by atoms with van der Waals surface area (Å²) in [4.78, 5) is 12.4. The average molecular weight is 982 g/mol. The Morgan fingerprint density at radius 2 is 0.750 bits per heavy atom.